The lowest BCUT2D eigenvalue weighted by molar-refractivity contribution is 0.111. The van der Waals surface area contributed by atoms with Crippen molar-refractivity contribution in [2.75, 3.05) is 19.6 Å². The predicted molar refractivity (Wildman–Crippen MR) is 82.8 cm³/mol. The summed E-state index contributed by atoms with van der Waals surface area (Å²) in [6.07, 6.45) is 3.65. The summed E-state index contributed by atoms with van der Waals surface area (Å²) in [7, 11) is 0. The maximum absolute atomic E-state index is 13.1. The second-order valence-electron chi connectivity index (χ2n) is 5.87. The van der Waals surface area contributed by atoms with Crippen molar-refractivity contribution in [3.8, 4) is 0 Å². The Morgan fingerprint density at radius 1 is 1.30 bits per heavy atom. The smallest absolute Gasteiger partial charge is 0.123 e. The number of nitrogens with one attached hydrogen (secondary N) is 1. The summed E-state index contributed by atoms with van der Waals surface area (Å²) in [6.45, 7) is 5.75. The Morgan fingerprint density at radius 2 is 2.05 bits per heavy atom. The first-order valence-electron chi connectivity index (χ1n) is 7.51. The maximum atomic E-state index is 13.1. The van der Waals surface area contributed by atoms with Gasteiger partial charge in [-0.2, -0.15) is 0 Å². The van der Waals surface area contributed by atoms with Gasteiger partial charge in [0, 0.05) is 25.2 Å². The number of benzene rings is 1. The molecule has 0 amide bonds. The molecule has 2 nitrogen and oxygen atoms in total. The molecule has 2 aliphatic rings. The van der Waals surface area contributed by atoms with Crippen LogP contribution in [0.15, 0.2) is 24.3 Å². The van der Waals surface area contributed by atoms with Crippen molar-refractivity contribution in [1.29, 1.82) is 0 Å². The quantitative estimate of drug-likeness (QED) is 0.920. The molecule has 1 aromatic rings. The van der Waals surface area contributed by atoms with Gasteiger partial charge in [-0.1, -0.05) is 19.1 Å². The van der Waals surface area contributed by atoms with Crippen LogP contribution in [0.3, 0.4) is 0 Å². The number of hydrogen-bond donors (Lipinski definition) is 1. The molecule has 2 heterocycles. The fourth-order valence-electron chi connectivity index (χ4n) is 3.75. The molecule has 2 fully saturated rings. The highest BCUT2D eigenvalue weighted by atomic mass is 35.5. The Hall–Kier alpha value is -0.640. The van der Waals surface area contributed by atoms with E-state index in [0.29, 0.717) is 6.04 Å². The van der Waals surface area contributed by atoms with Gasteiger partial charge in [0.15, 0.2) is 0 Å². The first-order chi connectivity index (χ1) is 9.28. The van der Waals surface area contributed by atoms with E-state index >= 15 is 0 Å². The van der Waals surface area contributed by atoms with Crippen LogP contribution in [0.5, 0.6) is 0 Å². The fraction of sp³-hybridized carbons (Fsp3) is 0.625. The number of hydrogen-bond acceptors (Lipinski definition) is 2. The Kier molecular flexibility index (Phi) is 5.42. The maximum Gasteiger partial charge on any atom is 0.123 e. The zero-order valence-electron chi connectivity index (χ0n) is 12.0. The van der Waals surface area contributed by atoms with Crippen LogP contribution in [-0.2, 0) is 0 Å². The summed E-state index contributed by atoms with van der Waals surface area (Å²) in [6, 6.07) is 8.25. The van der Waals surface area contributed by atoms with Gasteiger partial charge in [-0.05, 0) is 49.4 Å². The standard InChI is InChI=1S/C16H23FN2.ClH/c1-2-16(12-3-5-14(17)6-4-12)19-10-8-15-13(11-19)7-9-18-15;/h3-6,13,15-16,18H,2,7-11H2,1H3;1H. The normalized spacial score (nSPS) is 27.7. The van der Waals surface area contributed by atoms with Gasteiger partial charge in [0.05, 0.1) is 0 Å². The van der Waals surface area contributed by atoms with Crippen molar-refractivity contribution in [2.24, 2.45) is 5.92 Å². The van der Waals surface area contributed by atoms with Crippen LogP contribution < -0.4 is 5.32 Å². The van der Waals surface area contributed by atoms with Gasteiger partial charge in [-0.3, -0.25) is 4.90 Å². The Labute approximate surface area is 127 Å². The van der Waals surface area contributed by atoms with Gasteiger partial charge in [-0.25, -0.2) is 4.39 Å². The molecule has 3 rings (SSSR count). The van der Waals surface area contributed by atoms with Crippen LogP contribution in [-0.4, -0.2) is 30.6 Å². The highest BCUT2D eigenvalue weighted by molar-refractivity contribution is 5.85. The zero-order valence-corrected chi connectivity index (χ0v) is 12.8. The van der Waals surface area contributed by atoms with Gasteiger partial charge < -0.3 is 5.32 Å². The average molecular weight is 299 g/mol. The molecular formula is C16H24ClFN2. The van der Waals surface area contributed by atoms with Gasteiger partial charge in [0.25, 0.3) is 0 Å². The minimum Gasteiger partial charge on any atom is -0.314 e. The molecule has 20 heavy (non-hydrogen) atoms. The number of piperidine rings is 1. The summed E-state index contributed by atoms with van der Waals surface area (Å²) in [5.74, 6) is 0.667. The van der Waals surface area contributed by atoms with Crippen LogP contribution in [0.1, 0.15) is 37.8 Å². The predicted octanol–water partition coefficient (Wildman–Crippen LogP) is 3.38. The molecule has 0 saturated carbocycles. The summed E-state index contributed by atoms with van der Waals surface area (Å²) in [4.78, 5) is 2.60. The van der Waals surface area contributed by atoms with E-state index in [1.54, 1.807) is 12.1 Å². The van der Waals surface area contributed by atoms with Gasteiger partial charge in [0.2, 0.25) is 0 Å². The second-order valence-corrected chi connectivity index (χ2v) is 5.87. The molecule has 4 heteroatoms. The number of halogens is 2. The Morgan fingerprint density at radius 3 is 2.75 bits per heavy atom. The van der Waals surface area contributed by atoms with Crippen LogP contribution in [0.4, 0.5) is 4.39 Å². The SMILES string of the molecule is CCC(c1ccc(F)cc1)N1CCC2NCCC2C1.Cl. The van der Waals surface area contributed by atoms with Crippen molar-refractivity contribution >= 4 is 12.4 Å². The number of rotatable bonds is 3. The molecule has 0 bridgehead atoms. The summed E-state index contributed by atoms with van der Waals surface area (Å²) < 4.78 is 13.1. The van der Waals surface area contributed by atoms with E-state index in [1.807, 2.05) is 12.1 Å². The molecule has 3 atom stereocenters. The molecule has 112 valence electrons. The number of fused-ring (bicyclic) bond motifs is 1. The molecule has 0 aliphatic carbocycles. The second kappa shape index (κ2) is 6.88. The summed E-state index contributed by atoms with van der Waals surface area (Å²) >= 11 is 0. The third-order valence-corrected chi connectivity index (χ3v) is 4.77. The molecule has 2 saturated heterocycles. The van der Waals surface area contributed by atoms with E-state index in [2.05, 4.69) is 17.1 Å². The van der Waals surface area contributed by atoms with E-state index in [0.717, 1.165) is 24.9 Å². The Balaban J connectivity index is 0.00000147. The van der Waals surface area contributed by atoms with Crippen molar-refractivity contribution in [1.82, 2.24) is 10.2 Å². The van der Waals surface area contributed by atoms with E-state index < -0.39 is 0 Å². The molecule has 3 unspecified atom stereocenters. The van der Waals surface area contributed by atoms with Crippen LogP contribution in [0, 0.1) is 11.7 Å². The third kappa shape index (κ3) is 3.16. The topological polar surface area (TPSA) is 15.3 Å². The highest BCUT2D eigenvalue weighted by Gasteiger charge is 2.34. The van der Waals surface area contributed by atoms with Crippen molar-refractivity contribution < 1.29 is 4.39 Å². The molecule has 0 aromatic heterocycles. The molecule has 0 spiro atoms. The lowest BCUT2D eigenvalue weighted by Gasteiger charge is -2.39. The largest absolute Gasteiger partial charge is 0.314 e. The van der Waals surface area contributed by atoms with Gasteiger partial charge in [0.1, 0.15) is 5.82 Å². The summed E-state index contributed by atoms with van der Waals surface area (Å²) in [5.41, 5.74) is 1.26. The van der Waals surface area contributed by atoms with E-state index in [4.69, 9.17) is 0 Å². The van der Waals surface area contributed by atoms with E-state index in [9.17, 15) is 4.39 Å². The highest BCUT2D eigenvalue weighted by Crippen LogP contribution is 2.32. The third-order valence-electron chi connectivity index (χ3n) is 4.77. The molecular weight excluding hydrogens is 275 g/mol. The number of likely N-dealkylation sites (tertiary alicyclic amines) is 1. The van der Waals surface area contributed by atoms with E-state index in [-0.39, 0.29) is 18.2 Å². The minimum absolute atomic E-state index is 0. The average Bonchev–Trinajstić information content (AvgIpc) is 2.89. The lowest BCUT2D eigenvalue weighted by Crippen LogP contribution is -2.45. The summed E-state index contributed by atoms with van der Waals surface area (Å²) in [5, 5.41) is 3.61. The number of nitrogens with zero attached hydrogens (tertiary/aromatic N) is 1. The van der Waals surface area contributed by atoms with Crippen LogP contribution in [0.25, 0.3) is 0 Å². The molecule has 0 radical (unpaired) electrons. The van der Waals surface area contributed by atoms with Crippen LogP contribution >= 0.6 is 12.4 Å². The van der Waals surface area contributed by atoms with Crippen molar-refractivity contribution in [3.05, 3.63) is 35.6 Å². The first kappa shape index (κ1) is 15.7. The minimum atomic E-state index is -0.141. The zero-order chi connectivity index (χ0) is 13.2. The van der Waals surface area contributed by atoms with Gasteiger partial charge >= 0.3 is 0 Å². The van der Waals surface area contributed by atoms with Crippen molar-refractivity contribution in [3.63, 3.8) is 0 Å². The van der Waals surface area contributed by atoms with E-state index in [1.165, 1.54) is 31.5 Å². The van der Waals surface area contributed by atoms with Gasteiger partial charge in [-0.15, -0.1) is 12.4 Å². The molecule has 2 aliphatic heterocycles. The first-order valence-corrected chi connectivity index (χ1v) is 7.51. The van der Waals surface area contributed by atoms with Crippen molar-refractivity contribution in [2.45, 2.75) is 38.3 Å². The monoisotopic (exact) mass is 298 g/mol. The molecule has 1 aromatic carbocycles. The fourth-order valence-corrected chi connectivity index (χ4v) is 3.75. The molecule has 1 N–H and O–H groups in total. The van der Waals surface area contributed by atoms with Crippen LogP contribution in [0.2, 0.25) is 0 Å². The Bertz CT molecular complexity index is 423. The lowest BCUT2D eigenvalue weighted by atomic mass is 9.90.